The predicted molar refractivity (Wildman–Crippen MR) is 86.5 cm³/mol. The number of aliphatic hydroxyl groups excluding tert-OH is 1. The van der Waals surface area contributed by atoms with E-state index in [-0.39, 0.29) is 17.8 Å². The molecule has 0 bridgehead atoms. The van der Waals surface area contributed by atoms with Crippen molar-refractivity contribution in [2.75, 3.05) is 23.7 Å². The van der Waals surface area contributed by atoms with Crippen molar-refractivity contribution in [1.29, 1.82) is 0 Å². The summed E-state index contributed by atoms with van der Waals surface area (Å²) < 4.78 is 40.3. The highest BCUT2D eigenvalue weighted by Crippen LogP contribution is 2.41. The van der Waals surface area contributed by atoms with Gasteiger partial charge in [-0.15, -0.1) is 0 Å². The number of fused-ring (bicyclic) bond motifs is 1. The van der Waals surface area contributed by atoms with E-state index >= 15 is 0 Å². The fourth-order valence-electron chi connectivity index (χ4n) is 3.19. The Balaban J connectivity index is 1.69. The second-order valence-corrected chi connectivity index (χ2v) is 6.45. The van der Waals surface area contributed by atoms with Gasteiger partial charge in [0, 0.05) is 0 Å². The van der Waals surface area contributed by atoms with Crippen LogP contribution in [0.1, 0.15) is 12.5 Å². The molecule has 0 radical (unpaired) electrons. The van der Waals surface area contributed by atoms with Crippen LogP contribution in [0.15, 0.2) is 30.3 Å². The fourth-order valence-corrected chi connectivity index (χ4v) is 3.19. The van der Waals surface area contributed by atoms with Gasteiger partial charge in [-0.3, -0.25) is 0 Å². The third-order valence-electron chi connectivity index (χ3n) is 4.65. The molecule has 0 aromatic carbocycles. The fraction of sp³-hybridized carbons (Fsp3) is 0.400. The molecule has 2 aromatic rings. The number of hydrogen-bond donors (Lipinski definition) is 3. The van der Waals surface area contributed by atoms with Crippen LogP contribution in [0.5, 0.6) is 0 Å². The van der Waals surface area contributed by atoms with Crippen molar-refractivity contribution in [3.63, 3.8) is 0 Å². The lowest BCUT2D eigenvalue weighted by Gasteiger charge is -2.47. The zero-order chi connectivity index (χ0) is 18.7. The quantitative estimate of drug-likeness (QED) is 0.688. The molecular weight excluding hydrogens is 353 g/mol. The number of nitrogen functional groups attached to an aromatic ring is 1. The van der Waals surface area contributed by atoms with Crippen molar-refractivity contribution in [3.8, 4) is 0 Å². The lowest BCUT2D eigenvalue weighted by Crippen LogP contribution is -2.69. The molecule has 2 aliphatic rings. The van der Waals surface area contributed by atoms with Crippen molar-refractivity contribution in [2.24, 2.45) is 0 Å². The smallest absolute Gasteiger partial charge is 0.420 e. The van der Waals surface area contributed by atoms with Crippen LogP contribution < -0.4 is 10.6 Å². The molecule has 4 N–H and O–H groups in total. The molecule has 1 fully saturated rings. The van der Waals surface area contributed by atoms with E-state index in [0.717, 1.165) is 11.8 Å². The molecule has 138 valence electrons. The van der Waals surface area contributed by atoms with E-state index < -0.39 is 24.9 Å². The number of halogens is 3. The van der Waals surface area contributed by atoms with Crippen molar-refractivity contribution in [2.45, 2.75) is 24.2 Å². The van der Waals surface area contributed by atoms with Gasteiger partial charge >= 0.3 is 6.18 Å². The van der Waals surface area contributed by atoms with Gasteiger partial charge in [0.15, 0.2) is 22.6 Å². The Labute approximate surface area is 145 Å². The average Bonchev–Trinajstić information content (AvgIpc) is 3.15. The second kappa shape index (κ2) is 5.34. The van der Waals surface area contributed by atoms with Crippen LogP contribution >= 0.6 is 0 Å². The minimum Gasteiger partial charge on any atom is -0.515 e. The van der Waals surface area contributed by atoms with Gasteiger partial charge in [-0.25, -0.2) is 4.98 Å². The van der Waals surface area contributed by atoms with Gasteiger partial charge in [0.1, 0.15) is 0 Å². The number of allylic oxidation sites excluding steroid dienone is 3. The Morgan fingerprint density at radius 3 is 2.65 bits per heavy atom. The minimum atomic E-state index is -4.72. The molecule has 0 saturated carbocycles. The molecule has 26 heavy (non-hydrogen) atoms. The van der Waals surface area contributed by atoms with E-state index in [1.165, 1.54) is 11.2 Å². The Morgan fingerprint density at radius 1 is 1.31 bits per heavy atom. The SMILES string of the molecule is Nc1nc(N2CC(O)(C(F)(F)F)C2)c2ncn(C3C=C/C(=C/O)C3)c2n1. The van der Waals surface area contributed by atoms with Gasteiger partial charge in [-0.05, 0) is 12.0 Å². The highest BCUT2D eigenvalue weighted by Gasteiger charge is 2.61. The Bertz CT molecular complexity index is 929. The molecule has 1 saturated heterocycles. The van der Waals surface area contributed by atoms with E-state index in [2.05, 4.69) is 15.0 Å². The topological polar surface area (TPSA) is 113 Å². The largest absolute Gasteiger partial charge is 0.515 e. The number of aliphatic hydroxyl groups is 2. The van der Waals surface area contributed by atoms with Gasteiger partial charge in [-0.1, -0.05) is 12.2 Å². The van der Waals surface area contributed by atoms with Gasteiger partial charge in [0.25, 0.3) is 0 Å². The van der Waals surface area contributed by atoms with E-state index in [1.807, 2.05) is 6.08 Å². The number of anilines is 2. The molecule has 0 spiro atoms. The number of imidazole rings is 1. The molecule has 1 unspecified atom stereocenters. The molecule has 1 atom stereocenters. The number of rotatable bonds is 2. The lowest BCUT2D eigenvalue weighted by atomic mass is 9.93. The van der Waals surface area contributed by atoms with Crippen LogP contribution in [0.3, 0.4) is 0 Å². The van der Waals surface area contributed by atoms with Crippen LogP contribution in [0.4, 0.5) is 24.9 Å². The number of nitrogens with two attached hydrogens (primary N) is 1. The first-order valence-electron chi connectivity index (χ1n) is 7.77. The standard InChI is InChI=1S/C15H15F3N6O2/c16-15(17,18)14(26)5-23(6-14)11-10-12(22-13(19)21-11)24(7-20-10)9-2-1-8(3-9)4-25/h1-2,4,7,9,25-26H,3,5-6H2,(H2,19,21,22)/b8-4-. The normalized spacial score (nSPS) is 23.8. The maximum absolute atomic E-state index is 12.9. The zero-order valence-electron chi connectivity index (χ0n) is 13.3. The van der Waals surface area contributed by atoms with E-state index in [9.17, 15) is 18.3 Å². The molecule has 3 heterocycles. The summed E-state index contributed by atoms with van der Waals surface area (Å²) >= 11 is 0. The van der Waals surface area contributed by atoms with E-state index in [0.29, 0.717) is 17.6 Å². The zero-order valence-corrected chi connectivity index (χ0v) is 13.3. The molecule has 8 nitrogen and oxygen atoms in total. The maximum Gasteiger partial charge on any atom is 0.420 e. The summed E-state index contributed by atoms with van der Waals surface area (Å²) in [5.74, 6) is 0.0525. The first-order chi connectivity index (χ1) is 12.2. The first kappa shape index (κ1) is 16.6. The third-order valence-corrected chi connectivity index (χ3v) is 4.65. The minimum absolute atomic E-state index is 0.100. The summed E-state index contributed by atoms with van der Waals surface area (Å²) in [5.41, 5.74) is 4.38. The molecule has 2 aromatic heterocycles. The van der Waals surface area contributed by atoms with Gasteiger partial charge in [-0.2, -0.15) is 23.1 Å². The lowest BCUT2D eigenvalue weighted by molar-refractivity contribution is -0.267. The molecule has 0 amide bonds. The first-order valence-corrected chi connectivity index (χ1v) is 7.77. The predicted octanol–water partition coefficient (Wildman–Crippen LogP) is 1.46. The summed E-state index contributed by atoms with van der Waals surface area (Å²) in [6.07, 6.45) is 1.95. The Morgan fingerprint density at radius 2 is 2.04 bits per heavy atom. The van der Waals surface area contributed by atoms with E-state index in [1.54, 1.807) is 10.6 Å². The number of β-amino-alcohol motifs (C(OH)–C–C–N with tert-alkyl or cyclic N) is 1. The van der Waals surface area contributed by atoms with Crippen molar-refractivity contribution >= 4 is 22.9 Å². The molecule has 11 heteroatoms. The van der Waals surface area contributed by atoms with Gasteiger partial charge < -0.3 is 25.4 Å². The monoisotopic (exact) mass is 368 g/mol. The maximum atomic E-state index is 12.9. The number of hydrogen-bond acceptors (Lipinski definition) is 7. The summed E-state index contributed by atoms with van der Waals surface area (Å²) in [4.78, 5) is 13.7. The van der Waals surface area contributed by atoms with Crippen molar-refractivity contribution < 1.29 is 23.4 Å². The number of aromatic nitrogens is 4. The van der Waals surface area contributed by atoms with Crippen molar-refractivity contribution in [3.05, 3.63) is 30.3 Å². The van der Waals surface area contributed by atoms with E-state index in [4.69, 9.17) is 10.8 Å². The summed E-state index contributed by atoms with van der Waals surface area (Å²) in [7, 11) is 0. The van der Waals surface area contributed by atoms with Crippen LogP contribution in [0.2, 0.25) is 0 Å². The number of nitrogens with zero attached hydrogens (tertiary/aromatic N) is 5. The van der Waals surface area contributed by atoms with Crippen LogP contribution in [0.25, 0.3) is 11.2 Å². The number of alkyl halides is 3. The molecular formula is C15H15F3N6O2. The molecule has 1 aliphatic carbocycles. The van der Waals surface area contributed by atoms with Gasteiger partial charge in [0.05, 0.1) is 31.7 Å². The Hall–Kier alpha value is -2.82. The third kappa shape index (κ3) is 2.38. The van der Waals surface area contributed by atoms with Gasteiger partial charge in [0.2, 0.25) is 5.95 Å². The highest BCUT2D eigenvalue weighted by atomic mass is 19.4. The average molecular weight is 368 g/mol. The van der Waals surface area contributed by atoms with Crippen LogP contribution in [-0.2, 0) is 0 Å². The highest BCUT2D eigenvalue weighted by molar-refractivity contribution is 5.85. The molecule has 1 aliphatic heterocycles. The molecule has 4 rings (SSSR count). The summed E-state index contributed by atoms with van der Waals surface area (Å²) in [5, 5.41) is 18.8. The van der Waals surface area contributed by atoms with Crippen molar-refractivity contribution in [1.82, 2.24) is 19.5 Å². The summed E-state index contributed by atoms with van der Waals surface area (Å²) in [6, 6.07) is -0.149. The second-order valence-electron chi connectivity index (χ2n) is 6.45. The van der Waals surface area contributed by atoms with Crippen LogP contribution in [0, 0.1) is 0 Å². The Kier molecular flexibility index (Phi) is 3.41. The van der Waals surface area contributed by atoms with Crippen LogP contribution in [-0.4, -0.2) is 54.6 Å². The summed E-state index contributed by atoms with van der Waals surface area (Å²) in [6.45, 7) is -1.29.